The highest BCUT2D eigenvalue weighted by molar-refractivity contribution is 5.96. The minimum Gasteiger partial charge on any atom is -0.392 e. The van der Waals surface area contributed by atoms with Crippen LogP contribution in [0.25, 0.3) is 0 Å². The fourth-order valence-electron chi connectivity index (χ4n) is 4.18. The number of nitrogens with zero attached hydrogens (tertiary/aromatic N) is 3. The molecular formula is C17H27N3O3. The number of aliphatic hydroxyl groups excluding tert-OH is 1. The van der Waals surface area contributed by atoms with E-state index in [2.05, 4.69) is 5.10 Å². The minimum absolute atomic E-state index is 0.0599. The van der Waals surface area contributed by atoms with Gasteiger partial charge in [0.05, 0.1) is 23.5 Å². The summed E-state index contributed by atoms with van der Waals surface area (Å²) < 4.78 is 7.55. The fraction of sp³-hybridized carbons (Fsp3) is 0.765. The summed E-state index contributed by atoms with van der Waals surface area (Å²) in [5.74, 6) is 0.0599. The number of hydrogen-bond donors (Lipinski definition) is 1. The van der Waals surface area contributed by atoms with Gasteiger partial charge in [-0.1, -0.05) is 0 Å². The number of carbonyl (C=O) groups is 1. The normalized spacial score (nSPS) is 26.4. The quantitative estimate of drug-likeness (QED) is 0.914. The molecule has 0 bridgehead atoms. The molecule has 2 fully saturated rings. The fourth-order valence-corrected chi connectivity index (χ4v) is 4.18. The van der Waals surface area contributed by atoms with Crippen LogP contribution >= 0.6 is 0 Å². The Morgan fingerprint density at radius 3 is 2.52 bits per heavy atom. The lowest BCUT2D eigenvalue weighted by molar-refractivity contribution is -0.207. The Kier molecular flexibility index (Phi) is 4.23. The molecule has 6 nitrogen and oxygen atoms in total. The second-order valence-electron chi connectivity index (χ2n) is 6.89. The van der Waals surface area contributed by atoms with Gasteiger partial charge in [-0.3, -0.25) is 9.48 Å². The molecule has 1 aliphatic heterocycles. The van der Waals surface area contributed by atoms with E-state index in [1.807, 2.05) is 32.7 Å². The molecule has 2 aliphatic rings. The second-order valence-corrected chi connectivity index (χ2v) is 6.89. The van der Waals surface area contributed by atoms with E-state index < -0.39 is 0 Å². The van der Waals surface area contributed by atoms with Crippen molar-refractivity contribution in [2.24, 2.45) is 12.5 Å². The first-order valence-corrected chi connectivity index (χ1v) is 8.50. The van der Waals surface area contributed by atoms with E-state index in [9.17, 15) is 9.90 Å². The smallest absolute Gasteiger partial charge is 0.257 e. The second kappa shape index (κ2) is 5.91. The molecule has 6 heteroatoms. The standard InChI is InChI=1S/C17H27N3O3/c1-5-23-14-10-13(21)17(14)6-8-20(9-7-17)16(22)15-11(2)18-19(4)12(15)3/h13-14,21H,5-10H2,1-4H3/t13-,14-/m0/s1. The Labute approximate surface area is 137 Å². The van der Waals surface area contributed by atoms with Crippen LogP contribution in [-0.2, 0) is 11.8 Å². The maximum atomic E-state index is 12.8. The van der Waals surface area contributed by atoms with E-state index in [0.29, 0.717) is 19.7 Å². The van der Waals surface area contributed by atoms with Gasteiger partial charge in [0, 0.05) is 44.3 Å². The summed E-state index contributed by atoms with van der Waals surface area (Å²) in [5, 5.41) is 14.6. The summed E-state index contributed by atoms with van der Waals surface area (Å²) in [7, 11) is 1.86. The summed E-state index contributed by atoms with van der Waals surface area (Å²) in [5.41, 5.74) is 2.26. The number of piperidine rings is 1. The molecule has 1 aliphatic carbocycles. The first kappa shape index (κ1) is 16.5. The summed E-state index contributed by atoms with van der Waals surface area (Å²) in [6.07, 6.45) is 2.19. The third-order valence-corrected chi connectivity index (χ3v) is 5.81. The predicted octanol–water partition coefficient (Wildman–Crippen LogP) is 1.43. The molecule has 1 N–H and O–H groups in total. The molecule has 23 heavy (non-hydrogen) atoms. The first-order valence-electron chi connectivity index (χ1n) is 8.50. The molecule has 1 amide bonds. The Hall–Kier alpha value is -1.40. The van der Waals surface area contributed by atoms with E-state index in [1.165, 1.54) is 0 Å². The maximum absolute atomic E-state index is 12.8. The number of amides is 1. The molecule has 128 valence electrons. The van der Waals surface area contributed by atoms with E-state index in [-0.39, 0.29) is 23.5 Å². The van der Waals surface area contributed by atoms with Crippen molar-refractivity contribution in [3.8, 4) is 0 Å². The van der Waals surface area contributed by atoms with E-state index in [4.69, 9.17) is 4.74 Å². The number of rotatable bonds is 3. The maximum Gasteiger partial charge on any atom is 0.257 e. The van der Waals surface area contributed by atoms with Gasteiger partial charge in [-0.2, -0.15) is 5.10 Å². The topological polar surface area (TPSA) is 67.6 Å². The van der Waals surface area contributed by atoms with Gasteiger partial charge in [-0.25, -0.2) is 0 Å². The van der Waals surface area contributed by atoms with Crippen LogP contribution in [0.2, 0.25) is 0 Å². The number of carbonyl (C=O) groups excluding carboxylic acids is 1. The summed E-state index contributed by atoms with van der Waals surface area (Å²) in [6, 6.07) is 0. The highest BCUT2D eigenvalue weighted by atomic mass is 16.5. The van der Waals surface area contributed by atoms with Crippen LogP contribution in [0.4, 0.5) is 0 Å². The molecule has 1 aromatic heterocycles. The summed E-state index contributed by atoms with van der Waals surface area (Å²) in [6.45, 7) is 7.83. The summed E-state index contributed by atoms with van der Waals surface area (Å²) >= 11 is 0. The average Bonchev–Trinajstić information content (AvgIpc) is 2.79. The van der Waals surface area contributed by atoms with Gasteiger partial charge in [-0.15, -0.1) is 0 Å². The van der Waals surface area contributed by atoms with Crippen LogP contribution in [0.1, 0.15) is 47.9 Å². The van der Waals surface area contributed by atoms with Crippen molar-refractivity contribution in [2.75, 3.05) is 19.7 Å². The van der Waals surface area contributed by atoms with Crippen molar-refractivity contribution in [1.29, 1.82) is 0 Å². The Balaban J connectivity index is 1.70. The van der Waals surface area contributed by atoms with Crippen molar-refractivity contribution in [3.63, 3.8) is 0 Å². The summed E-state index contributed by atoms with van der Waals surface area (Å²) in [4.78, 5) is 14.7. The monoisotopic (exact) mass is 321 g/mol. The molecule has 2 atom stereocenters. The van der Waals surface area contributed by atoms with Crippen LogP contribution in [-0.4, -0.2) is 57.6 Å². The molecule has 0 radical (unpaired) electrons. The van der Waals surface area contributed by atoms with Crippen LogP contribution in [0.5, 0.6) is 0 Å². The lowest BCUT2D eigenvalue weighted by Gasteiger charge is -2.56. The molecular weight excluding hydrogens is 294 g/mol. The van der Waals surface area contributed by atoms with Gasteiger partial charge >= 0.3 is 0 Å². The van der Waals surface area contributed by atoms with Gasteiger partial charge in [0.2, 0.25) is 0 Å². The number of aromatic nitrogens is 2. The molecule has 1 saturated heterocycles. The van der Waals surface area contributed by atoms with Crippen molar-refractivity contribution >= 4 is 5.91 Å². The Bertz CT molecular complexity index is 600. The van der Waals surface area contributed by atoms with Crippen molar-refractivity contribution in [3.05, 3.63) is 17.0 Å². The third kappa shape index (κ3) is 2.48. The molecule has 1 aromatic rings. The lowest BCUT2D eigenvalue weighted by Crippen LogP contribution is -2.62. The zero-order valence-electron chi connectivity index (χ0n) is 14.5. The van der Waals surface area contributed by atoms with Crippen LogP contribution in [0, 0.1) is 19.3 Å². The third-order valence-electron chi connectivity index (χ3n) is 5.81. The number of hydrogen-bond acceptors (Lipinski definition) is 4. The van der Waals surface area contributed by atoms with Gasteiger partial charge < -0.3 is 14.7 Å². The van der Waals surface area contributed by atoms with E-state index in [1.54, 1.807) is 4.68 Å². The molecule has 2 heterocycles. The van der Waals surface area contributed by atoms with Gasteiger partial charge in [0.25, 0.3) is 5.91 Å². The van der Waals surface area contributed by atoms with Crippen molar-refractivity contribution < 1.29 is 14.6 Å². The number of aryl methyl sites for hydroxylation is 2. The lowest BCUT2D eigenvalue weighted by atomic mass is 9.58. The molecule has 3 rings (SSSR count). The Morgan fingerprint density at radius 2 is 2.04 bits per heavy atom. The minimum atomic E-state index is -0.293. The van der Waals surface area contributed by atoms with E-state index >= 15 is 0 Å². The number of ether oxygens (including phenoxy) is 1. The van der Waals surface area contributed by atoms with Crippen LogP contribution in [0.15, 0.2) is 0 Å². The number of likely N-dealkylation sites (tertiary alicyclic amines) is 1. The molecule has 1 saturated carbocycles. The molecule has 0 unspecified atom stereocenters. The predicted molar refractivity (Wildman–Crippen MR) is 86.3 cm³/mol. The van der Waals surface area contributed by atoms with Crippen molar-refractivity contribution in [1.82, 2.24) is 14.7 Å². The zero-order chi connectivity index (χ0) is 16.8. The molecule has 0 aromatic carbocycles. The highest BCUT2D eigenvalue weighted by Crippen LogP contribution is 2.51. The van der Waals surface area contributed by atoms with Crippen LogP contribution < -0.4 is 0 Å². The largest absolute Gasteiger partial charge is 0.392 e. The SMILES string of the molecule is CCO[C@H]1C[C@H](O)C12CCN(C(=O)c1c(C)nn(C)c1C)CC2. The first-order chi connectivity index (χ1) is 10.9. The zero-order valence-corrected chi connectivity index (χ0v) is 14.5. The Morgan fingerprint density at radius 1 is 1.39 bits per heavy atom. The van der Waals surface area contributed by atoms with E-state index in [0.717, 1.165) is 36.2 Å². The number of aliphatic hydroxyl groups is 1. The average molecular weight is 321 g/mol. The van der Waals surface area contributed by atoms with Gasteiger partial charge in [0.1, 0.15) is 0 Å². The molecule has 1 spiro atoms. The van der Waals surface area contributed by atoms with Gasteiger partial charge in [-0.05, 0) is 33.6 Å². The van der Waals surface area contributed by atoms with Gasteiger partial charge in [0.15, 0.2) is 0 Å². The van der Waals surface area contributed by atoms with Crippen molar-refractivity contribution in [2.45, 2.75) is 52.2 Å². The highest BCUT2D eigenvalue weighted by Gasteiger charge is 2.56. The van der Waals surface area contributed by atoms with Crippen LogP contribution in [0.3, 0.4) is 0 Å².